The summed E-state index contributed by atoms with van der Waals surface area (Å²) in [5.74, 6) is 1.20. The molecule has 2 heteroatoms. The first-order valence-electron chi connectivity index (χ1n) is 4.70. The average molecular weight is 196 g/mol. The normalized spacial score (nSPS) is 26.1. The predicted molar refractivity (Wildman–Crippen MR) is 56.1 cm³/mol. The molecular weight excluding hydrogens is 182 g/mol. The summed E-state index contributed by atoms with van der Waals surface area (Å²) in [7, 11) is 0. The lowest BCUT2D eigenvalue weighted by atomic mass is 9.94. The molecule has 1 aromatic carbocycles. The third-order valence-electron chi connectivity index (χ3n) is 2.99. The van der Waals surface area contributed by atoms with Gasteiger partial charge in [-0.25, -0.2) is 0 Å². The Kier molecular flexibility index (Phi) is 2.31. The number of hydrogen-bond acceptors (Lipinski definition) is 1. The van der Waals surface area contributed by atoms with Crippen LogP contribution in [0.4, 0.5) is 0 Å². The maximum absolute atomic E-state index is 5.93. The van der Waals surface area contributed by atoms with E-state index in [1.807, 2.05) is 6.07 Å². The lowest BCUT2D eigenvalue weighted by Crippen LogP contribution is -2.15. The average Bonchev–Trinajstić information content (AvgIpc) is 2.39. The van der Waals surface area contributed by atoms with Crippen molar-refractivity contribution in [2.45, 2.75) is 19.3 Å². The van der Waals surface area contributed by atoms with Crippen molar-refractivity contribution in [3.05, 3.63) is 34.3 Å². The van der Waals surface area contributed by atoms with Crippen molar-refractivity contribution in [3.63, 3.8) is 0 Å². The van der Waals surface area contributed by atoms with Crippen LogP contribution in [0.15, 0.2) is 18.2 Å². The molecular formula is C11H14ClN. The topological polar surface area (TPSA) is 26.0 Å². The van der Waals surface area contributed by atoms with E-state index in [4.69, 9.17) is 17.3 Å². The van der Waals surface area contributed by atoms with Crippen molar-refractivity contribution >= 4 is 11.6 Å². The monoisotopic (exact) mass is 195 g/mol. The maximum atomic E-state index is 5.93. The van der Waals surface area contributed by atoms with Gasteiger partial charge in [0.25, 0.3) is 0 Å². The standard InChI is InChI=1S/C11H14ClN/c1-7-4-8-5-9(12)2-3-10(8)11(7)6-13/h2-3,5,7,11H,4,6,13H2,1H3. The van der Waals surface area contributed by atoms with Gasteiger partial charge in [0.15, 0.2) is 0 Å². The second kappa shape index (κ2) is 3.32. The Bertz CT molecular complexity index is 322. The zero-order chi connectivity index (χ0) is 9.42. The zero-order valence-corrected chi connectivity index (χ0v) is 8.51. The van der Waals surface area contributed by atoms with E-state index in [1.165, 1.54) is 11.1 Å². The van der Waals surface area contributed by atoms with Crippen molar-refractivity contribution in [1.29, 1.82) is 0 Å². The maximum Gasteiger partial charge on any atom is 0.0408 e. The van der Waals surface area contributed by atoms with Crippen LogP contribution < -0.4 is 5.73 Å². The third kappa shape index (κ3) is 1.47. The smallest absolute Gasteiger partial charge is 0.0408 e. The molecule has 1 nitrogen and oxygen atoms in total. The second-order valence-corrected chi connectivity index (χ2v) is 4.30. The van der Waals surface area contributed by atoms with Crippen molar-refractivity contribution in [2.75, 3.05) is 6.54 Å². The van der Waals surface area contributed by atoms with E-state index in [0.717, 1.165) is 18.0 Å². The van der Waals surface area contributed by atoms with E-state index in [1.54, 1.807) is 0 Å². The van der Waals surface area contributed by atoms with Gasteiger partial charge in [-0.05, 0) is 48.1 Å². The second-order valence-electron chi connectivity index (χ2n) is 3.87. The summed E-state index contributed by atoms with van der Waals surface area (Å²) >= 11 is 5.93. The fourth-order valence-electron chi connectivity index (χ4n) is 2.27. The van der Waals surface area contributed by atoms with Crippen LogP contribution in [-0.4, -0.2) is 6.54 Å². The van der Waals surface area contributed by atoms with Gasteiger partial charge in [0, 0.05) is 5.02 Å². The van der Waals surface area contributed by atoms with Crippen molar-refractivity contribution in [3.8, 4) is 0 Å². The van der Waals surface area contributed by atoms with Crippen LogP contribution in [0.3, 0.4) is 0 Å². The first-order chi connectivity index (χ1) is 6.22. The molecule has 70 valence electrons. The fraction of sp³-hybridized carbons (Fsp3) is 0.455. The molecule has 2 atom stereocenters. The molecule has 0 fully saturated rings. The summed E-state index contributed by atoms with van der Waals surface area (Å²) in [6.07, 6.45) is 1.12. The Labute approximate surface area is 83.9 Å². The molecule has 1 aliphatic rings. The minimum absolute atomic E-state index is 0.535. The van der Waals surface area contributed by atoms with Crippen LogP contribution >= 0.6 is 11.6 Å². The van der Waals surface area contributed by atoms with Gasteiger partial charge < -0.3 is 5.73 Å². The highest BCUT2D eigenvalue weighted by atomic mass is 35.5. The molecule has 0 saturated carbocycles. The van der Waals surface area contributed by atoms with Gasteiger partial charge >= 0.3 is 0 Å². The molecule has 13 heavy (non-hydrogen) atoms. The first-order valence-corrected chi connectivity index (χ1v) is 5.08. The molecule has 0 spiro atoms. The van der Waals surface area contributed by atoms with E-state index < -0.39 is 0 Å². The minimum atomic E-state index is 0.535. The molecule has 1 aromatic rings. The number of fused-ring (bicyclic) bond motifs is 1. The summed E-state index contributed by atoms with van der Waals surface area (Å²) in [6, 6.07) is 6.16. The number of benzene rings is 1. The van der Waals surface area contributed by atoms with Gasteiger partial charge in [0.1, 0.15) is 0 Å². The van der Waals surface area contributed by atoms with Crippen molar-refractivity contribution in [2.24, 2.45) is 11.7 Å². The minimum Gasteiger partial charge on any atom is -0.330 e. The molecule has 2 rings (SSSR count). The first kappa shape index (κ1) is 9.04. The van der Waals surface area contributed by atoms with Crippen LogP contribution in [0.5, 0.6) is 0 Å². The van der Waals surface area contributed by atoms with Crippen LogP contribution in [-0.2, 0) is 6.42 Å². The van der Waals surface area contributed by atoms with Gasteiger partial charge in [0.2, 0.25) is 0 Å². The van der Waals surface area contributed by atoms with Crippen LogP contribution in [0.2, 0.25) is 5.02 Å². The highest BCUT2D eigenvalue weighted by molar-refractivity contribution is 6.30. The molecule has 0 aromatic heterocycles. The SMILES string of the molecule is CC1Cc2cc(Cl)ccc2C1CN. The lowest BCUT2D eigenvalue weighted by molar-refractivity contribution is 0.506. The van der Waals surface area contributed by atoms with E-state index in [-0.39, 0.29) is 0 Å². The summed E-state index contributed by atoms with van der Waals surface area (Å²) in [6.45, 7) is 3.00. The van der Waals surface area contributed by atoms with E-state index in [0.29, 0.717) is 11.8 Å². The number of hydrogen-bond donors (Lipinski definition) is 1. The Morgan fingerprint density at radius 2 is 2.31 bits per heavy atom. The van der Waals surface area contributed by atoms with Crippen LogP contribution in [0.25, 0.3) is 0 Å². The molecule has 2 unspecified atom stereocenters. The Balaban J connectivity index is 2.42. The molecule has 0 heterocycles. The molecule has 0 bridgehead atoms. The van der Waals surface area contributed by atoms with Gasteiger partial charge in [-0.3, -0.25) is 0 Å². The highest BCUT2D eigenvalue weighted by Gasteiger charge is 2.27. The Morgan fingerprint density at radius 1 is 1.54 bits per heavy atom. The summed E-state index contributed by atoms with van der Waals surface area (Å²) < 4.78 is 0. The van der Waals surface area contributed by atoms with Crippen LogP contribution in [0, 0.1) is 5.92 Å². The Hall–Kier alpha value is -0.530. The summed E-state index contributed by atoms with van der Waals surface area (Å²) in [5.41, 5.74) is 8.53. The summed E-state index contributed by atoms with van der Waals surface area (Å²) in [4.78, 5) is 0. The quantitative estimate of drug-likeness (QED) is 0.733. The fourth-order valence-corrected chi connectivity index (χ4v) is 2.46. The number of nitrogens with two attached hydrogens (primary N) is 1. The Morgan fingerprint density at radius 3 is 3.00 bits per heavy atom. The molecule has 1 aliphatic carbocycles. The molecule has 0 radical (unpaired) electrons. The molecule has 0 aliphatic heterocycles. The van der Waals surface area contributed by atoms with E-state index >= 15 is 0 Å². The number of rotatable bonds is 1. The van der Waals surface area contributed by atoms with Gasteiger partial charge in [-0.2, -0.15) is 0 Å². The number of halogens is 1. The molecule has 0 amide bonds. The van der Waals surface area contributed by atoms with E-state index in [9.17, 15) is 0 Å². The highest BCUT2D eigenvalue weighted by Crippen LogP contribution is 2.37. The molecule has 2 N–H and O–H groups in total. The third-order valence-corrected chi connectivity index (χ3v) is 3.22. The lowest BCUT2D eigenvalue weighted by Gasteiger charge is -2.13. The van der Waals surface area contributed by atoms with Gasteiger partial charge in [-0.15, -0.1) is 0 Å². The van der Waals surface area contributed by atoms with E-state index in [2.05, 4.69) is 19.1 Å². The zero-order valence-electron chi connectivity index (χ0n) is 7.76. The summed E-state index contributed by atoms with van der Waals surface area (Å²) in [5, 5.41) is 0.837. The largest absolute Gasteiger partial charge is 0.330 e. The predicted octanol–water partition coefficient (Wildman–Crippen LogP) is 2.57. The van der Waals surface area contributed by atoms with Crippen LogP contribution in [0.1, 0.15) is 24.0 Å². The van der Waals surface area contributed by atoms with Gasteiger partial charge in [-0.1, -0.05) is 24.6 Å². The molecule has 0 saturated heterocycles. The van der Waals surface area contributed by atoms with Gasteiger partial charge in [0.05, 0.1) is 0 Å². The van der Waals surface area contributed by atoms with Crippen molar-refractivity contribution in [1.82, 2.24) is 0 Å². The van der Waals surface area contributed by atoms with Crippen molar-refractivity contribution < 1.29 is 0 Å².